The lowest BCUT2D eigenvalue weighted by Crippen LogP contribution is -2.31. The topological polar surface area (TPSA) is 69.6 Å². The molecule has 0 aliphatic carbocycles. The minimum atomic E-state index is -1.72. The van der Waals surface area contributed by atoms with Gasteiger partial charge in [-0.2, -0.15) is 0 Å². The third-order valence-electron chi connectivity index (χ3n) is 0.332. The maximum Gasteiger partial charge on any atom is 0.235 e. The average Bonchev–Trinajstić information content (AvgIpc) is 1.27. The first-order valence-electron chi connectivity index (χ1n) is 1.76. The number of amides is 1. The first kappa shape index (κ1) is 6.39. The molecule has 0 fully saturated rings. The molecule has 0 saturated carbocycles. The fraction of sp³-hybridized carbons (Fsp3) is 0.667. The average molecular weight is 105 g/mol. The number of aliphatic hydroxyl groups is 2. The second kappa shape index (κ2) is 2.54. The van der Waals surface area contributed by atoms with Gasteiger partial charge >= 0.3 is 0 Å². The van der Waals surface area contributed by atoms with E-state index in [1.165, 1.54) is 6.92 Å². The molecule has 7 heavy (non-hydrogen) atoms. The zero-order valence-electron chi connectivity index (χ0n) is 3.88. The van der Waals surface area contributed by atoms with Crippen LogP contribution in [0.15, 0.2) is 0 Å². The quantitative estimate of drug-likeness (QED) is 0.351. The first-order valence-corrected chi connectivity index (χ1v) is 1.76. The van der Waals surface area contributed by atoms with Crippen molar-refractivity contribution in [2.24, 2.45) is 0 Å². The van der Waals surface area contributed by atoms with Crippen molar-refractivity contribution in [3.05, 3.63) is 0 Å². The van der Waals surface area contributed by atoms with E-state index in [9.17, 15) is 4.79 Å². The molecule has 3 N–H and O–H groups in total. The number of hydrogen-bond donors (Lipinski definition) is 3. The van der Waals surface area contributed by atoms with Crippen LogP contribution in [-0.2, 0) is 4.79 Å². The van der Waals surface area contributed by atoms with Crippen LogP contribution in [0.2, 0.25) is 0 Å². The second-order valence-electron chi connectivity index (χ2n) is 1.07. The molecule has 0 aromatic heterocycles. The van der Waals surface area contributed by atoms with Gasteiger partial charge in [0, 0.05) is 6.92 Å². The van der Waals surface area contributed by atoms with E-state index in [1.807, 2.05) is 0 Å². The molecule has 0 aliphatic rings. The van der Waals surface area contributed by atoms with Crippen LogP contribution >= 0.6 is 0 Å². The maximum absolute atomic E-state index is 9.82. The van der Waals surface area contributed by atoms with Gasteiger partial charge in [0.15, 0.2) is 0 Å². The third kappa shape index (κ3) is 5.39. The molecule has 0 unspecified atom stereocenters. The molecule has 1 amide bonds. The Hall–Kier alpha value is -0.610. The van der Waals surface area contributed by atoms with Crippen molar-refractivity contribution in [3.63, 3.8) is 0 Å². The molecule has 42 valence electrons. The van der Waals surface area contributed by atoms with Gasteiger partial charge < -0.3 is 15.5 Å². The molecule has 0 aliphatic heterocycles. The molecule has 0 saturated heterocycles. The number of carbonyl (C=O) groups is 1. The van der Waals surface area contributed by atoms with Gasteiger partial charge in [-0.05, 0) is 0 Å². The van der Waals surface area contributed by atoms with Gasteiger partial charge in [0.05, 0.1) is 0 Å². The van der Waals surface area contributed by atoms with Crippen LogP contribution < -0.4 is 5.32 Å². The predicted molar refractivity (Wildman–Crippen MR) is 22.0 cm³/mol. The van der Waals surface area contributed by atoms with Crippen LogP contribution in [0.1, 0.15) is 6.92 Å². The predicted octanol–water partition coefficient (Wildman–Crippen LogP) is -1.61. The summed E-state index contributed by atoms with van der Waals surface area (Å²) in [7, 11) is 0. The van der Waals surface area contributed by atoms with Gasteiger partial charge in [-0.15, -0.1) is 0 Å². The Morgan fingerprint density at radius 3 is 2.14 bits per heavy atom. The zero-order chi connectivity index (χ0) is 5.86. The van der Waals surface area contributed by atoms with E-state index in [0.717, 1.165) is 0 Å². The van der Waals surface area contributed by atoms with Crippen molar-refractivity contribution in [1.29, 1.82) is 0 Å². The number of rotatable bonds is 1. The van der Waals surface area contributed by atoms with Crippen LogP contribution in [0, 0.1) is 0 Å². The molecule has 0 aromatic carbocycles. The minimum absolute atomic E-state index is 0.463. The molecule has 0 rings (SSSR count). The van der Waals surface area contributed by atoms with E-state index in [4.69, 9.17) is 10.2 Å². The summed E-state index contributed by atoms with van der Waals surface area (Å²) in [6, 6.07) is 0. The SMILES string of the molecule is CC(=O)NC(O)O. The molecule has 0 radical (unpaired) electrons. The number of carbonyl (C=O) groups excluding carboxylic acids is 1. The number of hydrogen-bond acceptors (Lipinski definition) is 3. The van der Waals surface area contributed by atoms with Gasteiger partial charge in [-0.3, -0.25) is 4.79 Å². The summed E-state index contributed by atoms with van der Waals surface area (Å²) in [5, 5.41) is 17.7. The Bertz CT molecular complexity index is 70.6. The fourth-order valence-corrected chi connectivity index (χ4v) is 0.182. The molecule has 4 nitrogen and oxygen atoms in total. The Morgan fingerprint density at radius 1 is 1.71 bits per heavy atom. The second-order valence-corrected chi connectivity index (χ2v) is 1.07. The Balaban J connectivity index is 3.13. The lowest BCUT2D eigenvalue weighted by molar-refractivity contribution is -0.132. The molecule has 0 heterocycles. The summed E-state index contributed by atoms with van der Waals surface area (Å²) in [5.74, 6) is -0.463. The molecule has 0 bridgehead atoms. The largest absolute Gasteiger partial charge is 0.351 e. The lowest BCUT2D eigenvalue weighted by Gasteiger charge is -1.99. The monoisotopic (exact) mass is 105 g/mol. The summed E-state index contributed by atoms with van der Waals surface area (Å²) in [6.45, 7) is 1.19. The van der Waals surface area contributed by atoms with Crippen molar-refractivity contribution < 1.29 is 15.0 Å². The molecule has 0 aromatic rings. The lowest BCUT2D eigenvalue weighted by atomic mass is 10.7. The highest BCUT2D eigenvalue weighted by atomic mass is 16.5. The molecular formula is C3H7NO3. The highest BCUT2D eigenvalue weighted by Crippen LogP contribution is 1.63. The number of nitrogens with one attached hydrogen (secondary N) is 1. The summed E-state index contributed by atoms with van der Waals surface area (Å²) in [6.07, 6.45) is -1.72. The van der Waals surface area contributed by atoms with E-state index in [2.05, 4.69) is 0 Å². The maximum atomic E-state index is 9.82. The van der Waals surface area contributed by atoms with Crippen molar-refractivity contribution in [2.45, 2.75) is 13.3 Å². The van der Waals surface area contributed by atoms with Gasteiger partial charge in [0.25, 0.3) is 0 Å². The van der Waals surface area contributed by atoms with Crippen molar-refractivity contribution in [2.75, 3.05) is 0 Å². The van der Waals surface area contributed by atoms with Crippen LogP contribution in [0.3, 0.4) is 0 Å². The van der Waals surface area contributed by atoms with E-state index in [-0.39, 0.29) is 0 Å². The van der Waals surface area contributed by atoms with Crippen LogP contribution in [-0.4, -0.2) is 22.5 Å². The molecule has 4 heteroatoms. The van der Waals surface area contributed by atoms with Crippen molar-refractivity contribution in [3.8, 4) is 0 Å². The van der Waals surface area contributed by atoms with Crippen LogP contribution in [0.4, 0.5) is 0 Å². The molecule has 0 atom stereocenters. The fourth-order valence-electron chi connectivity index (χ4n) is 0.182. The summed E-state index contributed by atoms with van der Waals surface area (Å²) in [5.41, 5.74) is 0. The van der Waals surface area contributed by atoms with E-state index in [0.29, 0.717) is 0 Å². The normalized spacial score (nSPS) is 9.14. The molecule has 0 spiro atoms. The van der Waals surface area contributed by atoms with Crippen LogP contribution in [0.5, 0.6) is 0 Å². The van der Waals surface area contributed by atoms with Crippen molar-refractivity contribution in [1.82, 2.24) is 5.32 Å². The van der Waals surface area contributed by atoms with Gasteiger partial charge in [-0.1, -0.05) is 0 Å². The molecular weight excluding hydrogens is 98.0 g/mol. The van der Waals surface area contributed by atoms with Crippen LogP contribution in [0.25, 0.3) is 0 Å². The van der Waals surface area contributed by atoms with E-state index >= 15 is 0 Å². The smallest absolute Gasteiger partial charge is 0.235 e. The highest BCUT2D eigenvalue weighted by Gasteiger charge is 1.94. The summed E-state index contributed by atoms with van der Waals surface area (Å²) < 4.78 is 0. The van der Waals surface area contributed by atoms with Gasteiger partial charge in [-0.25, -0.2) is 0 Å². The minimum Gasteiger partial charge on any atom is -0.351 e. The zero-order valence-corrected chi connectivity index (χ0v) is 3.88. The Kier molecular flexibility index (Phi) is 2.32. The number of aliphatic hydroxyl groups excluding tert-OH is 1. The van der Waals surface area contributed by atoms with E-state index in [1.54, 1.807) is 5.32 Å². The van der Waals surface area contributed by atoms with E-state index < -0.39 is 12.3 Å². The van der Waals surface area contributed by atoms with Gasteiger partial charge in [0.1, 0.15) is 0 Å². The first-order chi connectivity index (χ1) is 3.13. The third-order valence-corrected chi connectivity index (χ3v) is 0.332. The summed E-state index contributed by atoms with van der Waals surface area (Å²) >= 11 is 0. The van der Waals surface area contributed by atoms with Gasteiger partial charge in [0.2, 0.25) is 12.3 Å². The highest BCUT2D eigenvalue weighted by molar-refractivity contribution is 5.72. The Labute approximate surface area is 40.8 Å². The Morgan fingerprint density at radius 2 is 2.14 bits per heavy atom. The standard InChI is InChI=1S/C3H7NO3/c1-2(5)4-3(6)7/h3,6-7H,1H3,(H,4,5). The van der Waals surface area contributed by atoms with Crippen molar-refractivity contribution >= 4 is 5.91 Å². The summed E-state index contributed by atoms with van der Waals surface area (Å²) in [4.78, 5) is 9.82.